The number of urea groups is 1. The number of carbonyl (C=O) groups is 3. The number of nitrogens with zero attached hydrogens (tertiary/aromatic N) is 5. The lowest BCUT2D eigenvalue weighted by molar-refractivity contribution is -0.189. The van der Waals surface area contributed by atoms with Crippen molar-refractivity contribution in [1.29, 1.82) is 0 Å². The van der Waals surface area contributed by atoms with Crippen LogP contribution in [-0.4, -0.2) is 80.1 Å². The summed E-state index contributed by atoms with van der Waals surface area (Å²) in [7, 11) is 1.70. The van der Waals surface area contributed by atoms with Crippen LogP contribution in [0.3, 0.4) is 0 Å². The van der Waals surface area contributed by atoms with Crippen LogP contribution in [0.2, 0.25) is 5.02 Å². The van der Waals surface area contributed by atoms with E-state index < -0.39 is 18.2 Å². The van der Waals surface area contributed by atoms with Gasteiger partial charge in [0.05, 0.1) is 24.6 Å². The summed E-state index contributed by atoms with van der Waals surface area (Å²) >= 11 is 6.48. The summed E-state index contributed by atoms with van der Waals surface area (Å²) in [6.07, 6.45) is 1.15. The summed E-state index contributed by atoms with van der Waals surface area (Å²) in [6, 6.07) is 21.9. The molecule has 3 aromatic carbocycles. The van der Waals surface area contributed by atoms with Gasteiger partial charge in [-0.2, -0.15) is 0 Å². The number of likely N-dealkylation sites (N-methyl/N-ethyl adjacent to an activating group) is 1. The topological polar surface area (TPSA) is 109 Å². The lowest BCUT2D eigenvalue weighted by Crippen LogP contribution is -2.76. The molecule has 3 heterocycles. The maximum absolute atomic E-state index is 14.4. The first-order valence-corrected chi connectivity index (χ1v) is 14.9. The average Bonchev–Trinajstić information content (AvgIpc) is 3.02. The molecule has 10 nitrogen and oxygen atoms in total. The van der Waals surface area contributed by atoms with E-state index in [1.165, 1.54) is 0 Å². The van der Waals surface area contributed by atoms with Gasteiger partial charge in [-0.15, -0.1) is 0 Å². The first-order valence-electron chi connectivity index (χ1n) is 14.5. The Morgan fingerprint density at radius 3 is 2.52 bits per heavy atom. The van der Waals surface area contributed by atoms with E-state index in [1.807, 2.05) is 55.5 Å². The molecule has 2 aliphatic rings. The number of phenols is 1. The fourth-order valence-electron chi connectivity index (χ4n) is 6.19. The monoisotopic (exact) mass is 612 g/mol. The van der Waals surface area contributed by atoms with E-state index in [2.05, 4.69) is 10.3 Å². The Kier molecular flexibility index (Phi) is 8.11. The minimum Gasteiger partial charge on any atom is -0.508 e. The normalized spacial score (nSPS) is 19.7. The number of hydrogen-bond donors (Lipinski definition) is 2. The molecule has 2 N–H and O–H groups in total. The van der Waals surface area contributed by atoms with E-state index in [4.69, 9.17) is 11.6 Å². The Balaban J connectivity index is 1.38. The molecule has 2 fully saturated rings. The van der Waals surface area contributed by atoms with Gasteiger partial charge in [0.25, 0.3) is 0 Å². The number of phenolic OH excluding ortho intramolecular Hbond substituents is 1. The van der Waals surface area contributed by atoms with Crippen LogP contribution in [0.5, 0.6) is 5.75 Å². The number of carbonyl (C=O) groups excluding carboxylic acids is 3. The van der Waals surface area contributed by atoms with E-state index in [-0.39, 0.29) is 43.1 Å². The van der Waals surface area contributed by atoms with Crippen molar-refractivity contribution in [3.8, 4) is 5.75 Å². The van der Waals surface area contributed by atoms with Gasteiger partial charge in [-0.3, -0.25) is 14.6 Å². The number of hydrogen-bond acceptors (Lipinski definition) is 6. The quantitative estimate of drug-likeness (QED) is 0.335. The molecule has 0 unspecified atom stereocenters. The number of nitrogens with one attached hydrogen (secondary N) is 1. The smallest absolute Gasteiger partial charge is 0.334 e. The van der Waals surface area contributed by atoms with E-state index in [9.17, 15) is 19.5 Å². The Bertz CT molecular complexity index is 1700. The summed E-state index contributed by atoms with van der Waals surface area (Å²) < 4.78 is 0. The van der Waals surface area contributed by atoms with E-state index in [0.29, 0.717) is 17.1 Å². The fraction of sp³-hybridized carbons (Fsp3) is 0.273. The summed E-state index contributed by atoms with van der Waals surface area (Å²) in [5.74, 6) is -0.369. The van der Waals surface area contributed by atoms with Gasteiger partial charge in [0.2, 0.25) is 11.8 Å². The molecule has 0 radical (unpaired) electrons. The number of hydrazine groups is 1. The van der Waals surface area contributed by atoms with Crippen molar-refractivity contribution in [2.75, 3.05) is 20.1 Å². The number of fused-ring (bicyclic) bond motifs is 2. The van der Waals surface area contributed by atoms with Gasteiger partial charge in [-0.1, -0.05) is 60.1 Å². The number of piperazine rings is 1. The largest absolute Gasteiger partial charge is 0.508 e. The van der Waals surface area contributed by atoms with Crippen LogP contribution >= 0.6 is 11.6 Å². The second kappa shape index (κ2) is 12.1. The lowest BCUT2D eigenvalue weighted by Gasteiger charge is -2.55. The number of benzene rings is 3. The second-order valence-electron chi connectivity index (χ2n) is 11.2. The predicted octanol–water partition coefficient (Wildman–Crippen LogP) is 4.34. The van der Waals surface area contributed by atoms with Gasteiger partial charge in [-0.25, -0.2) is 14.8 Å². The average molecular weight is 613 g/mol. The van der Waals surface area contributed by atoms with Crippen molar-refractivity contribution in [2.24, 2.45) is 0 Å². The van der Waals surface area contributed by atoms with Gasteiger partial charge in [0.15, 0.2) is 0 Å². The number of pyridine rings is 1. The van der Waals surface area contributed by atoms with Crippen LogP contribution in [0.25, 0.3) is 10.9 Å². The Morgan fingerprint density at radius 2 is 1.77 bits per heavy atom. The van der Waals surface area contributed by atoms with Gasteiger partial charge >= 0.3 is 6.03 Å². The standard InChI is InChI=1S/C33H33ClN6O4/c1-21(25-14-15-27(34)26-9-6-16-35-31(25)26)38-19-29-39(28(32(38)43)17-22-10-12-24(41)13-11-22)30(42)20-37(2)40(29)33(44)36-18-23-7-4-3-5-8-23/h3-16,21,28-29,41H,17-20H2,1-2H3,(H,36,44)/t21-,28-,29+/m0/s1. The zero-order chi connectivity index (χ0) is 31.0. The molecule has 0 saturated carbocycles. The Labute approximate surface area is 260 Å². The molecule has 3 atom stereocenters. The molecule has 0 bridgehead atoms. The fourth-order valence-corrected chi connectivity index (χ4v) is 6.40. The molecule has 6 rings (SSSR count). The summed E-state index contributed by atoms with van der Waals surface area (Å²) in [5, 5.41) is 17.3. The molecular weight excluding hydrogens is 580 g/mol. The minimum absolute atomic E-state index is 0.0596. The first kappa shape index (κ1) is 29.4. The molecular formula is C33H33ClN6O4. The van der Waals surface area contributed by atoms with Crippen molar-refractivity contribution in [2.45, 2.75) is 38.1 Å². The Morgan fingerprint density at radius 1 is 1.02 bits per heavy atom. The molecule has 2 aliphatic heterocycles. The van der Waals surface area contributed by atoms with Crippen molar-refractivity contribution in [1.82, 2.24) is 30.1 Å². The zero-order valence-electron chi connectivity index (χ0n) is 24.4. The molecule has 4 amide bonds. The van der Waals surface area contributed by atoms with Gasteiger partial charge < -0.3 is 20.2 Å². The summed E-state index contributed by atoms with van der Waals surface area (Å²) in [5.41, 5.74) is 3.22. The maximum Gasteiger partial charge on any atom is 0.334 e. The van der Waals surface area contributed by atoms with Crippen molar-refractivity contribution in [3.63, 3.8) is 0 Å². The SMILES string of the molecule is C[C@@H](c1ccc(Cl)c2cccnc12)N1C[C@@H]2N(C(=O)CN(C)N2C(=O)NCc2ccccc2)[C@@H](Cc2ccc(O)cc2)C1=O. The van der Waals surface area contributed by atoms with Crippen LogP contribution in [0.1, 0.15) is 29.7 Å². The first-order chi connectivity index (χ1) is 21.2. The van der Waals surface area contributed by atoms with Crippen molar-refractivity contribution in [3.05, 3.63) is 107 Å². The number of aromatic hydroxyl groups is 1. The summed E-state index contributed by atoms with van der Waals surface area (Å²) in [4.78, 5) is 49.7. The van der Waals surface area contributed by atoms with Crippen LogP contribution in [-0.2, 0) is 22.6 Å². The van der Waals surface area contributed by atoms with E-state index >= 15 is 0 Å². The molecule has 226 valence electrons. The van der Waals surface area contributed by atoms with E-state index in [0.717, 1.165) is 22.1 Å². The maximum atomic E-state index is 14.4. The van der Waals surface area contributed by atoms with Crippen LogP contribution in [0, 0.1) is 0 Å². The van der Waals surface area contributed by atoms with Crippen molar-refractivity contribution >= 4 is 40.3 Å². The highest BCUT2D eigenvalue weighted by Crippen LogP contribution is 2.36. The zero-order valence-corrected chi connectivity index (χ0v) is 25.2. The third-order valence-corrected chi connectivity index (χ3v) is 8.74. The summed E-state index contributed by atoms with van der Waals surface area (Å²) in [6.45, 7) is 2.27. The predicted molar refractivity (Wildman–Crippen MR) is 166 cm³/mol. The number of rotatable bonds is 6. The molecule has 0 aliphatic carbocycles. The molecule has 1 aromatic heterocycles. The Hall–Kier alpha value is -4.67. The van der Waals surface area contributed by atoms with Crippen LogP contribution in [0.4, 0.5) is 4.79 Å². The lowest BCUT2D eigenvalue weighted by atomic mass is 9.95. The third kappa shape index (κ3) is 5.54. The molecule has 44 heavy (non-hydrogen) atoms. The highest BCUT2D eigenvalue weighted by molar-refractivity contribution is 6.35. The molecule has 0 spiro atoms. The number of halogens is 1. The van der Waals surface area contributed by atoms with Gasteiger partial charge in [-0.05, 0) is 48.4 Å². The number of aromatic nitrogens is 1. The van der Waals surface area contributed by atoms with Gasteiger partial charge in [0, 0.05) is 42.2 Å². The second-order valence-corrected chi connectivity index (χ2v) is 11.6. The van der Waals surface area contributed by atoms with E-state index in [1.54, 1.807) is 63.4 Å². The number of amides is 4. The molecule has 11 heteroatoms. The highest BCUT2D eigenvalue weighted by Gasteiger charge is 2.51. The molecule has 2 saturated heterocycles. The van der Waals surface area contributed by atoms with Crippen LogP contribution < -0.4 is 5.32 Å². The minimum atomic E-state index is -0.877. The van der Waals surface area contributed by atoms with Gasteiger partial charge in [0.1, 0.15) is 18.0 Å². The van der Waals surface area contributed by atoms with Crippen LogP contribution in [0.15, 0.2) is 85.1 Å². The highest BCUT2D eigenvalue weighted by atomic mass is 35.5. The third-order valence-electron chi connectivity index (χ3n) is 8.41. The van der Waals surface area contributed by atoms with Crippen molar-refractivity contribution < 1.29 is 19.5 Å². The molecule has 4 aromatic rings.